The number of nitrogens with zero attached hydrogens (tertiary/aromatic N) is 1. The second kappa shape index (κ2) is 6.77. The highest BCUT2D eigenvalue weighted by Crippen LogP contribution is 2.63. The Balaban J connectivity index is 1.56. The van der Waals surface area contributed by atoms with Crippen molar-refractivity contribution in [3.63, 3.8) is 0 Å². The van der Waals surface area contributed by atoms with Crippen LogP contribution in [0.4, 0.5) is 0 Å². The van der Waals surface area contributed by atoms with Gasteiger partial charge in [-0.25, -0.2) is 0 Å². The normalized spacial score (nSPS) is 16.7. The molecule has 1 aromatic heterocycles. The van der Waals surface area contributed by atoms with E-state index in [1.165, 1.54) is 60.8 Å². The number of hydrogen-bond acceptors (Lipinski definition) is 1. The molecule has 162 valence electrons. The van der Waals surface area contributed by atoms with Crippen LogP contribution in [0.1, 0.15) is 22.3 Å². The molecule has 0 bridgehead atoms. The maximum absolute atomic E-state index is 4.39. The van der Waals surface area contributed by atoms with Crippen LogP contribution in [0.3, 0.4) is 0 Å². The molecule has 2 aliphatic rings. The first-order valence-electron chi connectivity index (χ1n) is 12.1. The zero-order chi connectivity index (χ0) is 23.0. The standard InChI is InChI=1S/C34H21N/c1-2-10-25-22(8-1)16-18-31-33(25)28-12-4-6-14-30(28)34(31)29-13-5-3-11-26(29)27-17-15-23(20-32(27)34)24-9-7-19-35-21-24/h1-21H. The molecule has 1 nitrogen and oxygen atoms in total. The van der Waals surface area contributed by atoms with Gasteiger partial charge in [0.1, 0.15) is 0 Å². The van der Waals surface area contributed by atoms with E-state index < -0.39 is 0 Å². The fourth-order valence-electron chi connectivity index (χ4n) is 6.62. The van der Waals surface area contributed by atoms with Gasteiger partial charge >= 0.3 is 0 Å². The lowest BCUT2D eigenvalue weighted by atomic mass is 9.70. The molecule has 1 unspecified atom stereocenters. The third kappa shape index (κ3) is 2.30. The molecule has 0 fully saturated rings. The zero-order valence-electron chi connectivity index (χ0n) is 19.1. The van der Waals surface area contributed by atoms with Crippen molar-refractivity contribution in [2.75, 3.05) is 0 Å². The molecule has 0 saturated heterocycles. The van der Waals surface area contributed by atoms with E-state index in [0.717, 1.165) is 5.56 Å². The van der Waals surface area contributed by atoms with Crippen molar-refractivity contribution in [3.05, 3.63) is 150 Å². The molecule has 35 heavy (non-hydrogen) atoms. The smallest absolute Gasteiger partial charge is 0.0725 e. The third-order valence-electron chi connectivity index (χ3n) is 7.97. The average molecular weight is 444 g/mol. The summed E-state index contributed by atoms with van der Waals surface area (Å²) in [7, 11) is 0. The maximum Gasteiger partial charge on any atom is 0.0725 e. The zero-order valence-corrected chi connectivity index (χ0v) is 19.1. The molecule has 0 radical (unpaired) electrons. The fraction of sp³-hybridized carbons (Fsp3) is 0.0294. The van der Waals surface area contributed by atoms with Crippen molar-refractivity contribution < 1.29 is 0 Å². The van der Waals surface area contributed by atoms with E-state index >= 15 is 0 Å². The molecule has 2 aliphatic carbocycles. The van der Waals surface area contributed by atoms with Crippen molar-refractivity contribution in [1.82, 2.24) is 4.98 Å². The monoisotopic (exact) mass is 443 g/mol. The van der Waals surface area contributed by atoms with Crippen LogP contribution in [0.2, 0.25) is 0 Å². The summed E-state index contributed by atoms with van der Waals surface area (Å²) in [4.78, 5) is 4.39. The Morgan fingerprint density at radius 2 is 1.23 bits per heavy atom. The highest BCUT2D eigenvalue weighted by molar-refractivity contribution is 6.06. The molecular formula is C34H21N. The lowest BCUT2D eigenvalue weighted by Crippen LogP contribution is -2.25. The largest absolute Gasteiger partial charge is 0.264 e. The van der Waals surface area contributed by atoms with Crippen LogP contribution in [0, 0.1) is 0 Å². The highest BCUT2D eigenvalue weighted by atomic mass is 14.6. The van der Waals surface area contributed by atoms with Crippen LogP contribution < -0.4 is 0 Å². The van der Waals surface area contributed by atoms with Crippen LogP contribution in [0.15, 0.2) is 128 Å². The van der Waals surface area contributed by atoms with E-state index in [9.17, 15) is 0 Å². The lowest BCUT2D eigenvalue weighted by Gasteiger charge is -2.30. The van der Waals surface area contributed by atoms with Gasteiger partial charge in [-0.2, -0.15) is 0 Å². The van der Waals surface area contributed by atoms with E-state index in [2.05, 4.69) is 114 Å². The molecule has 6 aromatic rings. The average Bonchev–Trinajstić information content (AvgIpc) is 3.41. The van der Waals surface area contributed by atoms with E-state index in [1.54, 1.807) is 0 Å². The molecule has 0 amide bonds. The first-order valence-corrected chi connectivity index (χ1v) is 12.1. The van der Waals surface area contributed by atoms with Crippen LogP contribution in [-0.4, -0.2) is 4.98 Å². The predicted molar refractivity (Wildman–Crippen MR) is 143 cm³/mol. The number of rotatable bonds is 1. The summed E-state index contributed by atoms with van der Waals surface area (Å²) in [6.07, 6.45) is 3.79. The molecule has 0 N–H and O–H groups in total. The molecule has 0 saturated carbocycles. The van der Waals surface area contributed by atoms with Gasteiger partial charge in [0, 0.05) is 12.4 Å². The van der Waals surface area contributed by atoms with Crippen molar-refractivity contribution >= 4 is 10.8 Å². The SMILES string of the molecule is c1cncc(-c2ccc3c(c2)C2(c4ccccc4-3)c3ccccc3-c3c2ccc2ccccc32)c1. The van der Waals surface area contributed by atoms with Crippen molar-refractivity contribution in [2.45, 2.75) is 5.41 Å². The second-order valence-corrected chi connectivity index (χ2v) is 9.55. The summed E-state index contributed by atoms with van der Waals surface area (Å²) in [6.45, 7) is 0. The van der Waals surface area contributed by atoms with Gasteiger partial charge in [-0.05, 0) is 78.5 Å². The quantitative estimate of drug-likeness (QED) is 0.249. The summed E-state index contributed by atoms with van der Waals surface area (Å²) < 4.78 is 0. The predicted octanol–water partition coefficient (Wildman–Crippen LogP) is 8.25. The van der Waals surface area contributed by atoms with Crippen molar-refractivity contribution in [2.24, 2.45) is 0 Å². The Hall–Kier alpha value is -4.49. The Morgan fingerprint density at radius 3 is 2.09 bits per heavy atom. The summed E-state index contributed by atoms with van der Waals surface area (Å²) in [5.74, 6) is 0. The molecule has 8 rings (SSSR count). The van der Waals surface area contributed by atoms with Crippen molar-refractivity contribution in [3.8, 4) is 33.4 Å². The molecule has 5 aromatic carbocycles. The van der Waals surface area contributed by atoms with E-state index in [0.29, 0.717) is 0 Å². The number of hydrogen-bond donors (Lipinski definition) is 0. The molecule has 0 aliphatic heterocycles. The summed E-state index contributed by atoms with van der Waals surface area (Å²) in [5, 5.41) is 2.61. The number of aromatic nitrogens is 1. The van der Waals surface area contributed by atoms with Gasteiger partial charge in [0.05, 0.1) is 5.41 Å². The fourth-order valence-corrected chi connectivity index (χ4v) is 6.62. The lowest BCUT2D eigenvalue weighted by molar-refractivity contribution is 0.795. The molecule has 1 heterocycles. The number of fused-ring (bicyclic) bond motifs is 12. The van der Waals surface area contributed by atoms with Crippen LogP contribution >= 0.6 is 0 Å². The highest BCUT2D eigenvalue weighted by Gasteiger charge is 2.51. The van der Waals surface area contributed by atoms with Gasteiger partial charge in [0.25, 0.3) is 0 Å². The second-order valence-electron chi connectivity index (χ2n) is 9.55. The minimum atomic E-state index is -0.333. The third-order valence-corrected chi connectivity index (χ3v) is 7.97. The van der Waals surface area contributed by atoms with Crippen LogP contribution in [0.25, 0.3) is 44.2 Å². The molecule has 1 spiro atoms. The van der Waals surface area contributed by atoms with Crippen LogP contribution in [-0.2, 0) is 5.41 Å². The Labute approximate surface area is 204 Å². The van der Waals surface area contributed by atoms with Gasteiger partial charge in [-0.1, -0.05) is 103 Å². The maximum atomic E-state index is 4.39. The Morgan fingerprint density at radius 1 is 0.486 bits per heavy atom. The number of benzene rings is 5. The van der Waals surface area contributed by atoms with E-state index in [4.69, 9.17) is 0 Å². The van der Waals surface area contributed by atoms with Crippen molar-refractivity contribution in [1.29, 1.82) is 0 Å². The first-order chi connectivity index (χ1) is 17.4. The van der Waals surface area contributed by atoms with E-state index in [-0.39, 0.29) is 5.41 Å². The molecular weight excluding hydrogens is 422 g/mol. The van der Waals surface area contributed by atoms with E-state index in [1.807, 2.05) is 18.5 Å². The minimum Gasteiger partial charge on any atom is -0.264 e. The topological polar surface area (TPSA) is 12.9 Å². The summed E-state index contributed by atoms with van der Waals surface area (Å²) in [5.41, 5.74) is 12.9. The Kier molecular flexibility index (Phi) is 3.65. The Bertz CT molecular complexity index is 1800. The molecule has 1 atom stereocenters. The number of pyridine rings is 1. The van der Waals surface area contributed by atoms with Crippen LogP contribution in [0.5, 0.6) is 0 Å². The summed E-state index contributed by atoms with van der Waals surface area (Å²) >= 11 is 0. The van der Waals surface area contributed by atoms with Gasteiger partial charge < -0.3 is 0 Å². The summed E-state index contributed by atoms with van der Waals surface area (Å²) in [6, 6.07) is 42.6. The minimum absolute atomic E-state index is 0.333. The van der Waals surface area contributed by atoms with Gasteiger partial charge in [0.15, 0.2) is 0 Å². The van der Waals surface area contributed by atoms with Gasteiger partial charge in [-0.15, -0.1) is 0 Å². The first kappa shape index (κ1) is 18.9. The van der Waals surface area contributed by atoms with Gasteiger partial charge in [0.2, 0.25) is 0 Å². The molecule has 1 heteroatoms. The van der Waals surface area contributed by atoms with Gasteiger partial charge in [-0.3, -0.25) is 4.98 Å².